The highest BCUT2D eigenvalue weighted by Crippen LogP contribution is 2.30. The second-order valence-electron chi connectivity index (χ2n) is 3.88. The number of thioether (sulfide) groups is 1. The van der Waals surface area contributed by atoms with E-state index in [0.29, 0.717) is 5.25 Å². The van der Waals surface area contributed by atoms with Crippen LogP contribution in [0.3, 0.4) is 0 Å². The maximum absolute atomic E-state index is 9.63. The lowest BCUT2D eigenvalue weighted by atomic mass is 10.1. The fourth-order valence-electron chi connectivity index (χ4n) is 1.36. The van der Waals surface area contributed by atoms with Crippen LogP contribution < -0.4 is 0 Å². The Balaban J connectivity index is 3.02. The van der Waals surface area contributed by atoms with Crippen molar-refractivity contribution in [2.24, 2.45) is 0 Å². The lowest BCUT2D eigenvalue weighted by Gasteiger charge is -2.14. The molecule has 1 aromatic carbocycles. The topological polar surface area (TPSA) is 20.2 Å². The van der Waals surface area contributed by atoms with Gasteiger partial charge in [-0.25, -0.2) is 0 Å². The van der Waals surface area contributed by atoms with Crippen LogP contribution in [0.2, 0.25) is 0 Å². The predicted molar refractivity (Wildman–Crippen MR) is 62.8 cm³/mol. The third-order valence-electron chi connectivity index (χ3n) is 1.98. The molecule has 0 radical (unpaired) electrons. The highest BCUT2D eigenvalue weighted by Gasteiger charge is 2.09. The van der Waals surface area contributed by atoms with Crippen LogP contribution in [0.5, 0.6) is 0 Å². The zero-order chi connectivity index (χ0) is 10.7. The Bertz CT molecular complexity index is 305. The van der Waals surface area contributed by atoms with Gasteiger partial charge in [-0.2, -0.15) is 0 Å². The molecule has 0 saturated heterocycles. The van der Waals surface area contributed by atoms with Gasteiger partial charge in [0.25, 0.3) is 0 Å². The third-order valence-corrected chi connectivity index (χ3v) is 3.08. The molecular weight excluding hydrogens is 192 g/mol. The summed E-state index contributed by atoms with van der Waals surface area (Å²) < 4.78 is 0. The summed E-state index contributed by atoms with van der Waals surface area (Å²) >= 11 is 1.80. The molecule has 1 N–H and O–H groups in total. The van der Waals surface area contributed by atoms with Crippen LogP contribution in [-0.2, 0) is 0 Å². The summed E-state index contributed by atoms with van der Waals surface area (Å²) in [5.74, 6) is 0. The number of aliphatic hydroxyl groups excluding tert-OH is 1. The molecule has 14 heavy (non-hydrogen) atoms. The van der Waals surface area contributed by atoms with Gasteiger partial charge >= 0.3 is 0 Å². The molecule has 1 aromatic rings. The van der Waals surface area contributed by atoms with Gasteiger partial charge in [-0.1, -0.05) is 31.5 Å². The standard InChI is InChI=1S/C12H18OS/c1-8(2)14-12-6-5-9(3)7-11(12)10(4)13/h5-8,10,13H,1-4H3. The van der Waals surface area contributed by atoms with Crippen molar-refractivity contribution in [1.82, 2.24) is 0 Å². The van der Waals surface area contributed by atoms with Crippen LogP contribution in [-0.4, -0.2) is 10.4 Å². The fourth-order valence-corrected chi connectivity index (χ4v) is 2.38. The van der Waals surface area contributed by atoms with E-state index in [-0.39, 0.29) is 6.10 Å². The van der Waals surface area contributed by atoms with Crippen molar-refractivity contribution in [1.29, 1.82) is 0 Å². The summed E-state index contributed by atoms with van der Waals surface area (Å²) in [6.45, 7) is 8.20. The zero-order valence-electron chi connectivity index (χ0n) is 9.24. The molecule has 0 aliphatic rings. The van der Waals surface area contributed by atoms with Crippen molar-refractivity contribution >= 4 is 11.8 Å². The van der Waals surface area contributed by atoms with E-state index < -0.39 is 0 Å². The quantitative estimate of drug-likeness (QED) is 0.770. The molecule has 0 bridgehead atoms. The zero-order valence-corrected chi connectivity index (χ0v) is 10.1. The molecule has 0 aliphatic heterocycles. The summed E-state index contributed by atoms with van der Waals surface area (Å²) in [6, 6.07) is 6.26. The summed E-state index contributed by atoms with van der Waals surface area (Å²) in [4.78, 5) is 1.20. The van der Waals surface area contributed by atoms with E-state index >= 15 is 0 Å². The Hall–Kier alpha value is -0.470. The Morgan fingerprint density at radius 3 is 2.36 bits per heavy atom. The van der Waals surface area contributed by atoms with Gasteiger partial charge in [-0.3, -0.25) is 0 Å². The van der Waals surface area contributed by atoms with Crippen molar-refractivity contribution in [3.8, 4) is 0 Å². The molecule has 0 heterocycles. The summed E-state index contributed by atoms with van der Waals surface area (Å²) in [5, 5.41) is 10.2. The van der Waals surface area contributed by atoms with E-state index in [1.807, 2.05) is 6.92 Å². The van der Waals surface area contributed by atoms with Gasteiger partial charge in [0.1, 0.15) is 0 Å². The maximum Gasteiger partial charge on any atom is 0.0772 e. The van der Waals surface area contributed by atoms with Gasteiger partial charge in [0.05, 0.1) is 6.10 Å². The number of hydrogen-bond donors (Lipinski definition) is 1. The van der Waals surface area contributed by atoms with Gasteiger partial charge in [0.15, 0.2) is 0 Å². The lowest BCUT2D eigenvalue weighted by molar-refractivity contribution is 0.196. The second kappa shape index (κ2) is 4.85. The molecule has 0 fully saturated rings. The maximum atomic E-state index is 9.63. The minimum Gasteiger partial charge on any atom is -0.389 e. The van der Waals surface area contributed by atoms with Gasteiger partial charge in [0.2, 0.25) is 0 Å². The second-order valence-corrected chi connectivity index (χ2v) is 5.50. The SMILES string of the molecule is Cc1ccc(SC(C)C)c(C(C)O)c1. The molecule has 1 nitrogen and oxygen atoms in total. The van der Waals surface area contributed by atoms with E-state index in [9.17, 15) is 5.11 Å². The fraction of sp³-hybridized carbons (Fsp3) is 0.500. The van der Waals surface area contributed by atoms with Crippen LogP contribution in [0.25, 0.3) is 0 Å². The molecule has 1 unspecified atom stereocenters. The normalized spacial score (nSPS) is 13.3. The molecule has 0 saturated carbocycles. The van der Waals surface area contributed by atoms with Crippen LogP contribution in [0, 0.1) is 6.92 Å². The van der Waals surface area contributed by atoms with Crippen molar-refractivity contribution in [2.45, 2.75) is 43.9 Å². The molecule has 0 aromatic heterocycles. The Kier molecular flexibility index (Phi) is 4.02. The minimum atomic E-state index is -0.379. The smallest absolute Gasteiger partial charge is 0.0772 e. The largest absolute Gasteiger partial charge is 0.389 e. The molecular formula is C12H18OS. The highest BCUT2D eigenvalue weighted by molar-refractivity contribution is 8.00. The Morgan fingerprint density at radius 1 is 1.21 bits per heavy atom. The van der Waals surface area contributed by atoms with E-state index in [0.717, 1.165) is 5.56 Å². The Morgan fingerprint density at radius 2 is 1.86 bits per heavy atom. The molecule has 0 aliphatic carbocycles. The molecule has 0 amide bonds. The number of aliphatic hydroxyl groups is 1. The first kappa shape index (κ1) is 11.6. The van der Waals surface area contributed by atoms with Crippen molar-refractivity contribution < 1.29 is 5.11 Å². The monoisotopic (exact) mass is 210 g/mol. The summed E-state index contributed by atoms with van der Waals surface area (Å²) in [7, 11) is 0. The highest BCUT2D eigenvalue weighted by atomic mass is 32.2. The molecule has 0 spiro atoms. The first-order chi connectivity index (χ1) is 6.50. The Labute approximate surface area is 90.5 Å². The number of benzene rings is 1. The van der Waals surface area contributed by atoms with Crippen LogP contribution in [0.4, 0.5) is 0 Å². The number of rotatable bonds is 3. The first-order valence-electron chi connectivity index (χ1n) is 4.96. The van der Waals surface area contributed by atoms with Gasteiger partial charge in [-0.05, 0) is 25.5 Å². The number of hydrogen-bond acceptors (Lipinski definition) is 2. The number of aryl methyl sites for hydroxylation is 1. The van der Waals surface area contributed by atoms with Gasteiger partial charge < -0.3 is 5.11 Å². The van der Waals surface area contributed by atoms with Crippen molar-refractivity contribution in [3.05, 3.63) is 29.3 Å². The van der Waals surface area contributed by atoms with Crippen LogP contribution in [0.1, 0.15) is 38.0 Å². The predicted octanol–water partition coefficient (Wildman–Crippen LogP) is 3.55. The molecule has 78 valence electrons. The van der Waals surface area contributed by atoms with E-state index in [1.54, 1.807) is 11.8 Å². The summed E-state index contributed by atoms with van der Waals surface area (Å²) in [6.07, 6.45) is -0.379. The molecule has 2 heteroatoms. The lowest BCUT2D eigenvalue weighted by Crippen LogP contribution is -1.97. The first-order valence-corrected chi connectivity index (χ1v) is 5.84. The average molecular weight is 210 g/mol. The average Bonchev–Trinajstić information content (AvgIpc) is 2.07. The van der Waals surface area contributed by atoms with Crippen molar-refractivity contribution in [3.63, 3.8) is 0 Å². The van der Waals surface area contributed by atoms with Crippen LogP contribution in [0.15, 0.2) is 23.1 Å². The van der Waals surface area contributed by atoms with Gasteiger partial charge in [0, 0.05) is 10.1 Å². The summed E-state index contributed by atoms with van der Waals surface area (Å²) in [5.41, 5.74) is 2.25. The van der Waals surface area contributed by atoms with E-state index in [1.165, 1.54) is 10.5 Å². The molecule has 1 atom stereocenters. The minimum absolute atomic E-state index is 0.379. The third kappa shape index (κ3) is 3.03. The molecule has 1 rings (SSSR count). The van der Waals surface area contributed by atoms with Crippen molar-refractivity contribution in [2.75, 3.05) is 0 Å². The van der Waals surface area contributed by atoms with E-state index in [4.69, 9.17) is 0 Å². The van der Waals surface area contributed by atoms with E-state index in [2.05, 4.69) is 39.0 Å². The van der Waals surface area contributed by atoms with Gasteiger partial charge in [-0.15, -0.1) is 11.8 Å². The van der Waals surface area contributed by atoms with Crippen LogP contribution >= 0.6 is 11.8 Å².